The van der Waals surface area contributed by atoms with Gasteiger partial charge in [0.05, 0.1) is 11.3 Å². The number of ether oxygens (including phenoxy) is 1. The summed E-state index contributed by atoms with van der Waals surface area (Å²) in [6.07, 6.45) is 8.09. The number of hydrogen-bond acceptors (Lipinski definition) is 6. The number of nitrogens with one attached hydrogen (secondary N) is 1. The molecule has 1 amide bonds. The Bertz CT molecular complexity index is 776. The van der Waals surface area contributed by atoms with Crippen LogP contribution >= 0.6 is 0 Å². The van der Waals surface area contributed by atoms with Gasteiger partial charge in [-0.05, 0) is 41.5 Å². The van der Waals surface area contributed by atoms with Gasteiger partial charge in [0, 0.05) is 0 Å². The van der Waals surface area contributed by atoms with E-state index in [1.165, 1.54) is 11.0 Å². The van der Waals surface area contributed by atoms with Crippen LogP contribution < -0.4 is 5.32 Å². The lowest BCUT2D eigenvalue weighted by Crippen LogP contribution is -2.48. The third-order valence-electron chi connectivity index (χ3n) is 3.89. The molecule has 1 N–H and O–H groups in total. The smallest absolute Gasteiger partial charge is 0.338 e. The number of hydrogen-bond donors (Lipinski definition) is 1. The Hall–Kier alpha value is -3.21. The SMILES string of the molecule is C#CC(CC)(CC)NC(=O)COC(=O)c1cccc(-n2cnnn2)c1. The zero-order valence-corrected chi connectivity index (χ0v) is 14.1. The summed E-state index contributed by atoms with van der Waals surface area (Å²) in [5, 5.41) is 13.6. The Morgan fingerprint density at radius 1 is 1.36 bits per heavy atom. The van der Waals surface area contributed by atoms with Gasteiger partial charge >= 0.3 is 5.97 Å². The first-order chi connectivity index (χ1) is 12.0. The first kappa shape index (κ1) is 18.1. The number of benzene rings is 1. The number of esters is 1. The summed E-state index contributed by atoms with van der Waals surface area (Å²) < 4.78 is 6.47. The Kier molecular flexibility index (Phi) is 5.84. The minimum atomic E-state index is -0.719. The number of rotatable bonds is 7. The molecule has 25 heavy (non-hydrogen) atoms. The molecule has 0 radical (unpaired) electrons. The molecule has 130 valence electrons. The fourth-order valence-corrected chi connectivity index (χ4v) is 2.24. The third-order valence-corrected chi connectivity index (χ3v) is 3.89. The molecule has 0 saturated carbocycles. The fraction of sp³-hybridized carbons (Fsp3) is 0.353. The number of tetrazole rings is 1. The summed E-state index contributed by atoms with van der Waals surface area (Å²) in [4.78, 5) is 24.2. The number of aromatic nitrogens is 4. The van der Waals surface area contributed by atoms with Gasteiger partial charge in [-0.25, -0.2) is 9.48 Å². The molecule has 0 atom stereocenters. The Labute approximate surface area is 145 Å². The number of amides is 1. The molecular weight excluding hydrogens is 322 g/mol. The van der Waals surface area contributed by atoms with Crippen LogP contribution in [0.5, 0.6) is 0 Å². The maximum absolute atomic E-state index is 12.1. The maximum Gasteiger partial charge on any atom is 0.338 e. The molecule has 0 bridgehead atoms. The van der Waals surface area contributed by atoms with Gasteiger partial charge in [-0.2, -0.15) is 0 Å². The van der Waals surface area contributed by atoms with E-state index in [9.17, 15) is 9.59 Å². The predicted octanol–water partition coefficient (Wildman–Crippen LogP) is 1.13. The van der Waals surface area contributed by atoms with Crippen LogP contribution in [0.2, 0.25) is 0 Å². The molecule has 1 aromatic carbocycles. The first-order valence-corrected chi connectivity index (χ1v) is 7.83. The number of carbonyl (C=O) groups excluding carboxylic acids is 2. The Morgan fingerprint density at radius 2 is 2.12 bits per heavy atom. The van der Waals surface area contributed by atoms with Crippen LogP contribution in [0.1, 0.15) is 37.0 Å². The van der Waals surface area contributed by atoms with Gasteiger partial charge in [0.25, 0.3) is 5.91 Å². The van der Waals surface area contributed by atoms with Crippen molar-refractivity contribution >= 4 is 11.9 Å². The van der Waals surface area contributed by atoms with Crippen LogP contribution in [0.15, 0.2) is 30.6 Å². The minimum absolute atomic E-state index is 0.287. The molecule has 0 aliphatic heterocycles. The fourth-order valence-electron chi connectivity index (χ4n) is 2.24. The Morgan fingerprint density at radius 3 is 2.72 bits per heavy atom. The standard InChI is InChI=1S/C17H19N5O3/c1-4-17(5-2,6-3)19-15(23)11-25-16(24)13-8-7-9-14(10-13)22-12-18-20-21-22/h1,7-10,12H,5-6,11H2,2-3H3,(H,19,23). The molecule has 0 unspecified atom stereocenters. The number of nitrogens with zero attached hydrogens (tertiary/aromatic N) is 4. The zero-order chi connectivity index (χ0) is 18.3. The highest BCUT2D eigenvalue weighted by molar-refractivity contribution is 5.92. The highest BCUT2D eigenvalue weighted by atomic mass is 16.5. The van der Waals surface area contributed by atoms with Gasteiger partial charge in [-0.1, -0.05) is 25.8 Å². The van der Waals surface area contributed by atoms with E-state index < -0.39 is 24.0 Å². The van der Waals surface area contributed by atoms with Crippen molar-refractivity contribution in [1.29, 1.82) is 0 Å². The lowest BCUT2D eigenvalue weighted by molar-refractivity contribution is -0.125. The molecule has 0 aliphatic rings. The van der Waals surface area contributed by atoms with E-state index in [1.807, 2.05) is 13.8 Å². The van der Waals surface area contributed by atoms with E-state index in [2.05, 4.69) is 26.8 Å². The molecule has 1 heterocycles. The van der Waals surface area contributed by atoms with Crippen LogP contribution in [-0.4, -0.2) is 44.2 Å². The largest absolute Gasteiger partial charge is 0.452 e. The summed E-state index contributed by atoms with van der Waals surface area (Å²) in [6, 6.07) is 6.56. The average molecular weight is 341 g/mol. The highest BCUT2D eigenvalue weighted by Gasteiger charge is 2.25. The van der Waals surface area contributed by atoms with Crippen molar-refractivity contribution in [3.05, 3.63) is 36.2 Å². The van der Waals surface area contributed by atoms with Crippen LogP contribution in [-0.2, 0) is 9.53 Å². The van der Waals surface area contributed by atoms with Crippen LogP contribution in [0.4, 0.5) is 0 Å². The normalized spacial score (nSPS) is 10.8. The van der Waals surface area contributed by atoms with E-state index in [4.69, 9.17) is 11.2 Å². The second kappa shape index (κ2) is 8.06. The zero-order valence-electron chi connectivity index (χ0n) is 14.1. The van der Waals surface area contributed by atoms with Gasteiger partial charge in [0.15, 0.2) is 6.61 Å². The van der Waals surface area contributed by atoms with Crippen molar-refractivity contribution in [3.8, 4) is 18.0 Å². The molecule has 0 saturated heterocycles. The summed E-state index contributed by atoms with van der Waals surface area (Å²) in [6.45, 7) is 3.37. The lowest BCUT2D eigenvalue weighted by Gasteiger charge is -2.26. The third kappa shape index (κ3) is 4.41. The monoisotopic (exact) mass is 341 g/mol. The molecule has 0 spiro atoms. The Balaban J connectivity index is 1.98. The van der Waals surface area contributed by atoms with Gasteiger partial charge in [0.1, 0.15) is 11.9 Å². The van der Waals surface area contributed by atoms with E-state index >= 15 is 0 Å². The molecule has 8 nitrogen and oxygen atoms in total. The van der Waals surface area contributed by atoms with Crippen molar-refractivity contribution in [2.75, 3.05) is 6.61 Å². The molecule has 1 aromatic heterocycles. The van der Waals surface area contributed by atoms with Crippen molar-refractivity contribution < 1.29 is 14.3 Å². The highest BCUT2D eigenvalue weighted by Crippen LogP contribution is 2.13. The summed E-state index contributed by atoms with van der Waals surface area (Å²) >= 11 is 0. The van der Waals surface area contributed by atoms with Gasteiger partial charge in [-0.3, -0.25) is 4.79 Å². The molecule has 0 fully saturated rings. The lowest BCUT2D eigenvalue weighted by atomic mass is 9.94. The topological polar surface area (TPSA) is 99.0 Å². The molecule has 2 rings (SSSR count). The second-order valence-corrected chi connectivity index (χ2v) is 5.36. The number of terminal acetylenes is 1. The van der Waals surface area contributed by atoms with Crippen LogP contribution in [0.3, 0.4) is 0 Å². The molecular formula is C17H19N5O3. The second-order valence-electron chi connectivity index (χ2n) is 5.36. The average Bonchev–Trinajstić information content (AvgIpc) is 3.19. The summed E-state index contributed by atoms with van der Waals surface area (Å²) in [7, 11) is 0. The quantitative estimate of drug-likeness (QED) is 0.599. The molecule has 8 heteroatoms. The maximum atomic E-state index is 12.1. The molecule has 2 aromatic rings. The van der Waals surface area contributed by atoms with Gasteiger partial charge < -0.3 is 10.1 Å². The van der Waals surface area contributed by atoms with Gasteiger partial charge in [0.2, 0.25) is 0 Å². The minimum Gasteiger partial charge on any atom is -0.452 e. The predicted molar refractivity (Wildman–Crippen MR) is 89.7 cm³/mol. The van der Waals surface area contributed by atoms with Crippen LogP contribution in [0, 0.1) is 12.3 Å². The first-order valence-electron chi connectivity index (χ1n) is 7.83. The summed E-state index contributed by atoms with van der Waals surface area (Å²) in [5.41, 5.74) is 0.172. The molecule has 0 aliphatic carbocycles. The summed E-state index contributed by atoms with van der Waals surface area (Å²) in [5.74, 6) is 1.54. The van der Waals surface area contributed by atoms with E-state index in [1.54, 1.807) is 24.3 Å². The van der Waals surface area contributed by atoms with Crippen LogP contribution in [0.25, 0.3) is 5.69 Å². The van der Waals surface area contributed by atoms with Crippen molar-refractivity contribution in [3.63, 3.8) is 0 Å². The van der Waals surface area contributed by atoms with E-state index in [-0.39, 0.29) is 5.56 Å². The van der Waals surface area contributed by atoms with Crippen molar-refractivity contribution in [2.45, 2.75) is 32.2 Å². The number of carbonyl (C=O) groups is 2. The van der Waals surface area contributed by atoms with E-state index in [0.717, 1.165) is 0 Å². The van der Waals surface area contributed by atoms with Crippen molar-refractivity contribution in [1.82, 2.24) is 25.5 Å². The van der Waals surface area contributed by atoms with Crippen molar-refractivity contribution in [2.24, 2.45) is 0 Å². The van der Waals surface area contributed by atoms with E-state index in [0.29, 0.717) is 18.5 Å². The van der Waals surface area contributed by atoms with Gasteiger partial charge in [-0.15, -0.1) is 11.5 Å².